The molecule has 0 amide bonds. The summed E-state index contributed by atoms with van der Waals surface area (Å²) in [6.45, 7) is 7.65. The summed E-state index contributed by atoms with van der Waals surface area (Å²) < 4.78 is 11.0. The third-order valence-corrected chi connectivity index (χ3v) is 5.20. The molecule has 1 aromatic carbocycles. The van der Waals surface area contributed by atoms with Crippen LogP contribution in [-0.4, -0.2) is 37.5 Å². The number of aromatic carboxylic acids is 1. The van der Waals surface area contributed by atoms with Crippen molar-refractivity contribution in [3.05, 3.63) is 28.9 Å². The molecule has 0 saturated carbocycles. The maximum atomic E-state index is 11.0. The molecule has 0 fully saturated rings. The summed E-state index contributed by atoms with van der Waals surface area (Å²) in [6.07, 6.45) is 0. The molecule has 0 aliphatic heterocycles. The van der Waals surface area contributed by atoms with E-state index in [1.807, 2.05) is 0 Å². The number of fused-ring (bicyclic) bond motifs is 1. The summed E-state index contributed by atoms with van der Waals surface area (Å²) in [5, 5.41) is 10.1. The van der Waals surface area contributed by atoms with E-state index in [1.165, 1.54) is 6.07 Å². The second-order valence-corrected chi connectivity index (χ2v) is 12.4. The van der Waals surface area contributed by atoms with Crippen molar-refractivity contribution in [2.45, 2.75) is 25.7 Å². The number of carboxylic acids is 1. The zero-order chi connectivity index (χ0) is 16.3. The molecule has 7 heteroatoms. The molecule has 1 aromatic heterocycles. The molecule has 0 aliphatic rings. The zero-order valence-corrected chi connectivity index (χ0v) is 14.7. The van der Waals surface area contributed by atoms with Crippen LogP contribution in [0, 0.1) is 0 Å². The Bertz CT molecular complexity index is 678. The Morgan fingerprint density at radius 1 is 1.32 bits per heavy atom. The predicted molar refractivity (Wildman–Crippen MR) is 89.9 cm³/mol. The van der Waals surface area contributed by atoms with Gasteiger partial charge in [-0.2, -0.15) is 0 Å². The standard InChI is InChI=1S/C15H20ClNO4Si/c1-22(2,3)5-4-20-9-21-14-8-12-10(6-11(14)16)7-13(17-12)15(18)19/h6-8,17H,4-5,9H2,1-3H3,(H,18,19). The quantitative estimate of drug-likeness (QED) is 0.449. The fourth-order valence-electron chi connectivity index (χ4n) is 1.90. The zero-order valence-electron chi connectivity index (χ0n) is 12.9. The lowest BCUT2D eigenvalue weighted by Gasteiger charge is -2.15. The molecule has 2 aromatic rings. The fraction of sp³-hybridized carbons (Fsp3) is 0.400. The minimum absolute atomic E-state index is 0.120. The summed E-state index contributed by atoms with van der Waals surface area (Å²) in [4.78, 5) is 13.8. The number of ether oxygens (including phenoxy) is 2. The van der Waals surface area contributed by atoms with Gasteiger partial charge in [0.25, 0.3) is 0 Å². The molecule has 120 valence electrons. The first-order valence-electron chi connectivity index (χ1n) is 7.02. The lowest BCUT2D eigenvalue weighted by atomic mass is 10.2. The minimum Gasteiger partial charge on any atom is -0.477 e. The Labute approximate surface area is 135 Å². The average molecular weight is 342 g/mol. The Morgan fingerprint density at radius 2 is 2.05 bits per heavy atom. The van der Waals surface area contributed by atoms with Crippen LogP contribution in [0.25, 0.3) is 10.9 Å². The topological polar surface area (TPSA) is 71.5 Å². The van der Waals surface area contributed by atoms with E-state index < -0.39 is 14.0 Å². The Balaban J connectivity index is 1.99. The van der Waals surface area contributed by atoms with E-state index >= 15 is 0 Å². The van der Waals surface area contributed by atoms with Crippen LogP contribution in [0.2, 0.25) is 30.7 Å². The lowest BCUT2D eigenvalue weighted by molar-refractivity contribution is 0.0222. The normalized spacial score (nSPS) is 11.8. The van der Waals surface area contributed by atoms with Crippen LogP contribution in [-0.2, 0) is 4.74 Å². The van der Waals surface area contributed by atoms with Gasteiger partial charge in [-0.05, 0) is 18.2 Å². The number of carboxylic acid groups (broad SMARTS) is 1. The van der Waals surface area contributed by atoms with Gasteiger partial charge < -0.3 is 19.6 Å². The third-order valence-electron chi connectivity index (χ3n) is 3.20. The minimum atomic E-state index is -1.11. The molecule has 2 N–H and O–H groups in total. The molecule has 0 unspecified atom stereocenters. The lowest BCUT2D eigenvalue weighted by Crippen LogP contribution is -2.22. The highest BCUT2D eigenvalue weighted by Gasteiger charge is 2.13. The molecular formula is C15H20ClNO4Si. The molecule has 1 heterocycles. The number of H-pyrrole nitrogens is 1. The number of rotatable bonds is 7. The number of halogens is 1. The van der Waals surface area contributed by atoms with Crippen LogP contribution in [0.1, 0.15) is 10.5 Å². The van der Waals surface area contributed by atoms with Crippen molar-refractivity contribution >= 4 is 36.5 Å². The van der Waals surface area contributed by atoms with Crippen LogP contribution in [0.3, 0.4) is 0 Å². The smallest absolute Gasteiger partial charge is 0.352 e. The summed E-state index contributed by atoms with van der Waals surface area (Å²) in [5.74, 6) is -0.537. The first-order chi connectivity index (χ1) is 10.3. The van der Waals surface area contributed by atoms with Crippen LogP contribution >= 0.6 is 11.6 Å². The van der Waals surface area contributed by atoms with E-state index in [9.17, 15) is 4.79 Å². The SMILES string of the molecule is C[Si](C)(C)CCOCOc1cc2[nH]c(C(=O)O)cc2cc1Cl. The number of nitrogens with one attached hydrogen (secondary N) is 1. The Kier molecular flexibility index (Phi) is 5.15. The highest BCUT2D eigenvalue weighted by molar-refractivity contribution is 6.76. The van der Waals surface area contributed by atoms with Gasteiger partial charge in [-0.1, -0.05) is 31.2 Å². The molecular weight excluding hydrogens is 322 g/mol. The first kappa shape index (κ1) is 16.9. The van der Waals surface area contributed by atoms with E-state index in [2.05, 4.69) is 24.6 Å². The number of benzene rings is 1. The second-order valence-electron chi connectivity index (χ2n) is 6.34. The van der Waals surface area contributed by atoms with E-state index in [-0.39, 0.29) is 12.5 Å². The van der Waals surface area contributed by atoms with Gasteiger partial charge in [0, 0.05) is 31.7 Å². The molecule has 0 aliphatic carbocycles. The van der Waals surface area contributed by atoms with Gasteiger partial charge in [-0.25, -0.2) is 4.79 Å². The van der Waals surface area contributed by atoms with Crippen molar-refractivity contribution < 1.29 is 19.4 Å². The number of aromatic nitrogens is 1. The summed E-state index contributed by atoms with van der Waals surface area (Å²) in [5.41, 5.74) is 0.786. The van der Waals surface area contributed by atoms with Crippen LogP contribution in [0.15, 0.2) is 18.2 Å². The Hall–Kier alpha value is -1.50. The Morgan fingerprint density at radius 3 is 2.68 bits per heavy atom. The summed E-state index contributed by atoms with van der Waals surface area (Å²) in [6, 6.07) is 5.97. The van der Waals surface area contributed by atoms with Gasteiger partial charge in [-0.3, -0.25) is 0 Å². The predicted octanol–water partition coefficient (Wildman–Crippen LogP) is 4.21. The number of hydrogen-bond donors (Lipinski definition) is 2. The first-order valence-corrected chi connectivity index (χ1v) is 11.1. The van der Waals surface area contributed by atoms with E-state index in [1.54, 1.807) is 12.1 Å². The monoisotopic (exact) mass is 341 g/mol. The molecule has 0 atom stereocenters. The van der Waals surface area contributed by atoms with Gasteiger partial charge in [0.05, 0.1) is 5.02 Å². The van der Waals surface area contributed by atoms with Crippen LogP contribution in [0.5, 0.6) is 5.75 Å². The molecule has 0 bridgehead atoms. The van der Waals surface area contributed by atoms with Gasteiger partial charge in [0.2, 0.25) is 0 Å². The van der Waals surface area contributed by atoms with E-state index in [0.717, 1.165) is 11.4 Å². The molecule has 0 saturated heterocycles. The highest BCUT2D eigenvalue weighted by atomic mass is 35.5. The van der Waals surface area contributed by atoms with Crippen molar-refractivity contribution in [2.24, 2.45) is 0 Å². The maximum absolute atomic E-state index is 11.0. The van der Waals surface area contributed by atoms with Crippen LogP contribution < -0.4 is 4.74 Å². The molecule has 5 nitrogen and oxygen atoms in total. The van der Waals surface area contributed by atoms with Gasteiger partial charge in [0.1, 0.15) is 11.4 Å². The fourth-order valence-corrected chi connectivity index (χ4v) is 2.88. The molecule has 0 spiro atoms. The molecule has 2 rings (SSSR count). The molecule has 22 heavy (non-hydrogen) atoms. The molecule has 0 radical (unpaired) electrons. The number of aromatic amines is 1. The van der Waals surface area contributed by atoms with Crippen LogP contribution in [0.4, 0.5) is 0 Å². The van der Waals surface area contributed by atoms with Gasteiger partial charge in [0.15, 0.2) is 6.79 Å². The summed E-state index contributed by atoms with van der Waals surface area (Å²) >= 11 is 6.14. The van der Waals surface area contributed by atoms with Gasteiger partial charge in [-0.15, -0.1) is 0 Å². The third kappa shape index (κ3) is 4.49. The highest BCUT2D eigenvalue weighted by Crippen LogP contribution is 2.30. The number of hydrogen-bond acceptors (Lipinski definition) is 3. The maximum Gasteiger partial charge on any atom is 0.352 e. The second kappa shape index (κ2) is 6.72. The van der Waals surface area contributed by atoms with Crippen molar-refractivity contribution in [1.82, 2.24) is 4.98 Å². The number of carbonyl (C=O) groups is 1. The average Bonchev–Trinajstić information content (AvgIpc) is 2.80. The van der Waals surface area contributed by atoms with E-state index in [4.69, 9.17) is 26.2 Å². The van der Waals surface area contributed by atoms with E-state index in [0.29, 0.717) is 22.9 Å². The van der Waals surface area contributed by atoms with Crippen molar-refractivity contribution in [2.75, 3.05) is 13.4 Å². The summed E-state index contributed by atoms with van der Waals surface area (Å²) in [7, 11) is -1.11. The van der Waals surface area contributed by atoms with Gasteiger partial charge >= 0.3 is 5.97 Å². The van der Waals surface area contributed by atoms with Crippen molar-refractivity contribution in [3.8, 4) is 5.75 Å². The van der Waals surface area contributed by atoms with Crippen molar-refractivity contribution in [3.63, 3.8) is 0 Å². The van der Waals surface area contributed by atoms with Crippen molar-refractivity contribution in [1.29, 1.82) is 0 Å². The largest absolute Gasteiger partial charge is 0.477 e.